The van der Waals surface area contributed by atoms with Crippen molar-refractivity contribution in [3.05, 3.63) is 41.7 Å². The highest BCUT2D eigenvalue weighted by Gasteiger charge is 2.35. The summed E-state index contributed by atoms with van der Waals surface area (Å²) in [7, 11) is 1.62. The first kappa shape index (κ1) is 20.4. The van der Waals surface area contributed by atoms with Gasteiger partial charge in [-0.1, -0.05) is 13.8 Å². The van der Waals surface area contributed by atoms with E-state index in [2.05, 4.69) is 29.0 Å². The number of methoxy groups -OCH3 is 1. The molecule has 1 atom stereocenters. The van der Waals surface area contributed by atoms with Crippen LogP contribution in [0.5, 0.6) is 11.5 Å². The van der Waals surface area contributed by atoms with E-state index in [1.165, 1.54) is 12.8 Å². The smallest absolute Gasteiger partial charge is 0.258 e. The molecule has 0 spiro atoms. The molecule has 0 radical (unpaired) electrons. The predicted octanol–water partition coefficient (Wildman–Crippen LogP) is 3.29. The fraction of sp³-hybridized carbons (Fsp3) is 0.522. The van der Waals surface area contributed by atoms with Crippen LogP contribution in [0.4, 0.5) is 5.95 Å². The van der Waals surface area contributed by atoms with Crippen molar-refractivity contribution in [2.24, 2.45) is 5.41 Å². The Balaban J connectivity index is 1.43. The van der Waals surface area contributed by atoms with Crippen molar-refractivity contribution in [3.8, 4) is 11.5 Å². The number of carbonyl (C=O) groups excluding carboxylic acids is 1. The topological polar surface area (TPSA) is 76.6 Å². The van der Waals surface area contributed by atoms with E-state index in [1.54, 1.807) is 19.2 Å². The summed E-state index contributed by atoms with van der Waals surface area (Å²) in [4.78, 5) is 24.3. The molecule has 0 saturated carbocycles. The molecule has 30 heavy (non-hydrogen) atoms. The molecule has 1 saturated heterocycles. The minimum Gasteiger partial charge on any atom is -0.497 e. The molecular formula is C23H30N4O3. The number of nitrogens with zero attached hydrogens (tertiary/aromatic N) is 3. The molecule has 1 fully saturated rings. The van der Waals surface area contributed by atoms with Crippen LogP contribution < -0.4 is 19.7 Å². The van der Waals surface area contributed by atoms with Gasteiger partial charge in [0.2, 0.25) is 5.95 Å². The van der Waals surface area contributed by atoms with E-state index in [9.17, 15) is 4.79 Å². The zero-order valence-corrected chi connectivity index (χ0v) is 18.0. The predicted molar refractivity (Wildman–Crippen MR) is 115 cm³/mol. The number of fused-ring (bicyclic) bond motifs is 1. The maximum Gasteiger partial charge on any atom is 0.258 e. The van der Waals surface area contributed by atoms with E-state index in [-0.39, 0.29) is 24.0 Å². The number of carbonyl (C=O) groups is 1. The number of anilines is 1. The summed E-state index contributed by atoms with van der Waals surface area (Å²) in [6.07, 6.45) is 6.03. The Morgan fingerprint density at radius 3 is 2.60 bits per heavy atom. The Hall–Kier alpha value is -2.83. The standard InChI is InChI=1S/C23H30N4O3/c1-23(2)12-19(25-21(28)15-30-17-8-6-16(29-3)7-9-17)18-14-24-22(26-20(18)13-23)27-10-4-5-11-27/h6-9,14,19H,4-5,10-13,15H2,1-3H3,(H,25,28). The molecule has 0 bridgehead atoms. The number of hydrogen-bond acceptors (Lipinski definition) is 6. The van der Waals surface area contributed by atoms with E-state index in [0.29, 0.717) is 5.75 Å². The summed E-state index contributed by atoms with van der Waals surface area (Å²) >= 11 is 0. The molecule has 1 aromatic carbocycles. The zero-order valence-electron chi connectivity index (χ0n) is 18.0. The number of nitrogens with one attached hydrogen (secondary N) is 1. The molecule has 2 aromatic rings. The third-order valence-electron chi connectivity index (χ3n) is 5.82. The van der Waals surface area contributed by atoms with Crippen LogP contribution in [0.3, 0.4) is 0 Å². The summed E-state index contributed by atoms with van der Waals surface area (Å²) in [5, 5.41) is 3.13. The maximum atomic E-state index is 12.6. The van der Waals surface area contributed by atoms with Gasteiger partial charge in [0, 0.05) is 24.8 Å². The second-order valence-electron chi connectivity index (χ2n) is 8.90. The minimum atomic E-state index is -0.150. The van der Waals surface area contributed by atoms with Gasteiger partial charge in [0.05, 0.1) is 18.8 Å². The highest BCUT2D eigenvalue weighted by Crippen LogP contribution is 2.40. The molecule has 2 heterocycles. The van der Waals surface area contributed by atoms with Crippen LogP contribution in [0.2, 0.25) is 0 Å². The molecule has 4 rings (SSSR count). The van der Waals surface area contributed by atoms with Crippen LogP contribution in [0.15, 0.2) is 30.5 Å². The van der Waals surface area contributed by atoms with Crippen LogP contribution in [0.25, 0.3) is 0 Å². The van der Waals surface area contributed by atoms with Crippen LogP contribution in [0.1, 0.15) is 50.4 Å². The average molecular weight is 411 g/mol. The van der Waals surface area contributed by atoms with Gasteiger partial charge in [-0.2, -0.15) is 0 Å². The number of rotatable bonds is 6. The lowest BCUT2D eigenvalue weighted by molar-refractivity contribution is -0.124. The normalized spacial score (nSPS) is 19.8. The van der Waals surface area contributed by atoms with Crippen molar-refractivity contribution < 1.29 is 14.3 Å². The minimum absolute atomic E-state index is 0.0364. The second-order valence-corrected chi connectivity index (χ2v) is 8.90. The Morgan fingerprint density at radius 2 is 1.90 bits per heavy atom. The average Bonchev–Trinajstić information content (AvgIpc) is 3.26. The lowest BCUT2D eigenvalue weighted by Gasteiger charge is -2.36. The molecule has 1 aliphatic heterocycles. The van der Waals surface area contributed by atoms with Crippen LogP contribution in [-0.4, -0.2) is 42.7 Å². The maximum absolute atomic E-state index is 12.6. The molecule has 7 nitrogen and oxygen atoms in total. The molecule has 1 aromatic heterocycles. The molecule has 160 valence electrons. The van der Waals surface area contributed by atoms with Crippen molar-refractivity contribution in [3.63, 3.8) is 0 Å². The van der Waals surface area contributed by atoms with Gasteiger partial charge in [0.15, 0.2) is 6.61 Å². The summed E-state index contributed by atoms with van der Waals surface area (Å²) in [5.74, 6) is 2.05. The molecular weight excluding hydrogens is 380 g/mol. The summed E-state index contributed by atoms with van der Waals surface area (Å²) in [5.41, 5.74) is 2.12. The molecule has 7 heteroatoms. The third kappa shape index (κ3) is 4.66. The Bertz CT molecular complexity index is 892. The first-order valence-electron chi connectivity index (χ1n) is 10.6. The lowest BCUT2D eigenvalue weighted by atomic mass is 9.74. The first-order chi connectivity index (χ1) is 14.4. The van der Waals surface area contributed by atoms with Crippen molar-refractivity contribution in [1.29, 1.82) is 0 Å². The van der Waals surface area contributed by atoms with Crippen molar-refractivity contribution in [2.45, 2.75) is 45.6 Å². The Labute approximate surface area is 177 Å². The van der Waals surface area contributed by atoms with E-state index < -0.39 is 0 Å². The van der Waals surface area contributed by atoms with Gasteiger partial charge in [-0.25, -0.2) is 9.97 Å². The van der Waals surface area contributed by atoms with Crippen LogP contribution in [0, 0.1) is 5.41 Å². The molecule has 1 unspecified atom stereocenters. The fourth-order valence-electron chi connectivity index (χ4n) is 4.29. The first-order valence-corrected chi connectivity index (χ1v) is 10.6. The number of amides is 1. The Morgan fingerprint density at radius 1 is 1.20 bits per heavy atom. The summed E-state index contributed by atoms with van der Waals surface area (Å²) in [6.45, 7) is 6.45. The van der Waals surface area contributed by atoms with Gasteiger partial charge in [-0.05, 0) is 55.4 Å². The summed E-state index contributed by atoms with van der Waals surface area (Å²) in [6, 6.07) is 7.09. The van der Waals surface area contributed by atoms with Gasteiger partial charge in [0.25, 0.3) is 5.91 Å². The highest BCUT2D eigenvalue weighted by atomic mass is 16.5. The lowest BCUT2D eigenvalue weighted by Crippen LogP contribution is -2.39. The summed E-state index contributed by atoms with van der Waals surface area (Å²) < 4.78 is 10.8. The van der Waals surface area contributed by atoms with Gasteiger partial charge in [-0.3, -0.25) is 4.79 Å². The number of ether oxygens (including phenoxy) is 2. The van der Waals surface area contributed by atoms with Crippen molar-refractivity contribution in [2.75, 3.05) is 31.7 Å². The quantitative estimate of drug-likeness (QED) is 0.788. The van der Waals surface area contributed by atoms with E-state index >= 15 is 0 Å². The fourth-order valence-corrected chi connectivity index (χ4v) is 4.29. The zero-order chi connectivity index (χ0) is 21.1. The third-order valence-corrected chi connectivity index (χ3v) is 5.82. The van der Waals surface area contributed by atoms with Crippen LogP contribution in [-0.2, 0) is 11.2 Å². The number of hydrogen-bond donors (Lipinski definition) is 1. The van der Waals surface area contributed by atoms with Gasteiger partial charge in [-0.15, -0.1) is 0 Å². The SMILES string of the molecule is COc1ccc(OCC(=O)NC2CC(C)(C)Cc3nc(N4CCCC4)ncc32)cc1. The van der Waals surface area contributed by atoms with E-state index in [1.807, 2.05) is 18.3 Å². The molecule has 1 aliphatic carbocycles. The van der Waals surface area contributed by atoms with Crippen LogP contribution >= 0.6 is 0 Å². The number of aromatic nitrogens is 2. The van der Waals surface area contributed by atoms with E-state index in [0.717, 1.165) is 48.9 Å². The van der Waals surface area contributed by atoms with E-state index in [4.69, 9.17) is 14.5 Å². The monoisotopic (exact) mass is 410 g/mol. The van der Waals surface area contributed by atoms with Crippen molar-refractivity contribution >= 4 is 11.9 Å². The second kappa shape index (κ2) is 8.50. The van der Waals surface area contributed by atoms with Crippen molar-refractivity contribution in [1.82, 2.24) is 15.3 Å². The largest absolute Gasteiger partial charge is 0.497 e. The highest BCUT2D eigenvalue weighted by molar-refractivity contribution is 5.78. The molecule has 2 aliphatic rings. The van der Waals surface area contributed by atoms with Gasteiger partial charge in [0.1, 0.15) is 11.5 Å². The van der Waals surface area contributed by atoms with Gasteiger partial charge < -0.3 is 19.7 Å². The molecule has 1 N–H and O–H groups in total. The molecule has 1 amide bonds. The van der Waals surface area contributed by atoms with Gasteiger partial charge >= 0.3 is 0 Å². The Kier molecular flexibility index (Phi) is 5.79. The number of benzene rings is 1.